The Morgan fingerprint density at radius 1 is 1.19 bits per heavy atom. The fourth-order valence-electron chi connectivity index (χ4n) is 3.51. The zero-order chi connectivity index (χ0) is 23.4. The van der Waals surface area contributed by atoms with E-state index in [4.69, 9.17) is 23.2 Å². The highest BCUT2D eigenvalue weighted by atomic mass is 35.5. The van der Waals surface area contributed by atoms with Gasteiger partial charge in [-0.15, -0.1) is 0 Å². The van der Waals surface area contributed by atoms with E-state index in [-0.39, 0.29) is 17.7 Å². The van der Waals surface area contributed by atoms with Crippen molar-refractivity contribution in [3.05, 3.63) is 87.4 Å². The van der Waals surface area contributed by atoms with Crippen LogP contribution in [0.15, 0.2) is 71.2 Å². The van der Waals surface area contributed by atoms with Gasteiger partial charge in [-0.3, -0.25) is 9.10 Å². The lowest BCUT2D eigenvalue weighted by Gasteiger charge is -2.23. The number of alkyl halides is 1. The molecule has 0 heterocycles. The maximum absolute atomic E-state index is 14.4. The third-order valence-corrected chi connectivity index (χ3v) is 7.27. The second kappa shape index (κ2) is 10.9. The Labute approximate surface area is 204 Å². The molecular formula is C26H28Cl2FNOS. The number of carbonyl (C=O) groups is 1. The molecule has 3 atom stereocenters. The van der Waals surface area contributed by atoms with Gasteiger partial charge in [-0.05, 0) is 66.6 Å². The van der Waals surface area contributed by atoms with E-state index >= 15 is 0 Å². The van der Waals surface area contributed by atoms with Gasteiger partial charge in [-0.2, -0.15) is 0 Å². The highest BCUT2D eigenvalue weighted by molar-refractivity contribution is 7.97. The summed E-state index contributed by atoms with van der Waals surface area (Å²) in [6, 6.07) is 13.3. The van der Waals surface area contributed by atoms with Crippen LogP contribution >= 0.6 is 35.1 Å². The molecule has 1 fully saturated rings. The van der Waals surface area contributed by atoms with E-state index in [1.54, 1.807) is 22.5 Å². The van der Waals surface area contributed by atoms with E-state index in [1.165, 1.54) is 11.9 Å². The largest absolute Gasteiger partial charge is 0.278 e. The molecule has 6 heteroatoms. The summed E-state index contributed by atoms with van der Waals surface area (Å²) in [6.45, 7) is 8.72. The summed E-state index contributed by atoms with van der Waals surface area (Å²) < 4.78 is 16.2. The molecule has 0 spiro atoms. The number of aryl methyl sites for hydroxylation is 1. The Morgan fingerprint density at radius 3 is 2.56 bits per heavy atom. The molecule has 3 unspecified atom stereocenters. The summed E-state index contributed by atoms with van der Waals surface area (Å²) in [5.41, 5.74) is 2.77. The molecule has 1 amide bonds. The van der Waals surface area contributed by atoms with Crippen LogP contribution < -0.4 is 0 Å². The molecule has 1 saturated carbocycles. The van der Waals surface area contributed by atoms with Crippen molar-refractivity contribution in [2.45, 2.75) is 44.7 Å². The lowest BCUT2D eigenvalue weighted by Crippen LogP contribution is -2.26. The summed E-state index contributed by atoms with van der Waals surface area (Å²) in [5, 5.41) is 0.898. The second-order valence-corrected chi connectivity index (χ2v) is 10.5. The number of rotatable bonds is 8. The minimum absolute atomic E-state index is 0.0669. The molecular weight excluding hydrogens is 464 g/mol. The molecule has 3 rings (SSSR count). The van der Waals surface area contributed by atoms with Crippen molar-refractivity contribution in [2.24, 2.45) is 11.8 Å². The molecule has 170 valence electrons. The average Bonchev–Trinajstić information content (AvgIpc) is 3.38. The van der Waals surface area contributed by atoms with Crippen LogP contribution in [-0.4, -0.2) is 22.9 Å². The van der Waals surface area contributed by atoms with Gasteiger partial charge in [-0.25, -0.2) is 4.39 Å². The first-order valence-electron chi connectivity index (χ1n) is 10.7. The number of allylic oxidation sites excluding steroid dienone is 3. The molecule has 0 aliphatic heterocycles. The van der Waals surface area contributed by atoms with Crippen LogP contribution in [0.5, 0.6) is 0 Å². The zero-order valence-electron chi connectivity index (χ0n) is 18.7. The molecule has 32 heavy (non-hydrogen) atoms. The van der Waals surface area contributed by atoms with Crippen molar-refractivity contribution in [3.8, 4) is 0 Å². The van der Waals surface area contributed by atoms with Gasteiger partial charge >= 0.3 is 0 Å². The summed E-state index contributed by atoms with van der Waals surface area (Å²) in [5.74, 6) is -0.175. The Bertz CT molecular complexity index is 1040. The van der Waals surface area contributed by atoms with Crippen LogP contribution in [0.2, 0.25) is 10.0 Å². The first-order chi connectivity index (χ1) is 15.2. The molecule has 2 nitrogen and oxygen atoms in total. The fraction of sp³-hybridized carbons (Fsp3) is 0.346. The van der Waals surface area contributed by atoms with E-state index in [2.05, 4.69) is 13.8 Å². The molecule has 0 saturated heterocycles. The highest BCUT2D eigenvalue weighted by Gasteiger charge is 2.50. The normalized spacial score (nSPS) is 20.8. The number of amides is 1. The zero-order valence-corrected chi connectivity index (χ0v) is 21.0. The second-order valence-electron chi connectivity index (χ2n) is 8.62. The predicted molar refractivity (Wildman–Crippen MR) is 134 cm³/mol. The summed E-state index contributed by atoms with van der Waals surface area (Å²) in [7, 11) is 0. The Kier molecular flexibility index (Phi) is 8.49. The van der Waals surface area contributed by atoms with Crippen LogP contribution in [0.4, 0.5) is 4.39 Å². The third-order valence-electron chi connectivity index (χ3n) is 5.32. The quantitative estimate of drug-likeness (QED) is 0.211. The smallest absolute Gasteiger partial charge is 0.256 e. The van der Waals surface area contributed by atoms with Gasteiger partial charge in [0, 0.05) is 29.4 Å². The molecule has 2 aromatic carbocycles. The molecule has 0 aromatic heterocycles. The number of nitrogens with zero attached hydrogens (tertiary/aromatic N) is 1. The van der Waals surface area contributed by atoms with Crippen LogP contribution in [-0.2, 0) is 4.79 Å². The number of hydrogen-bond acceptors (Lipinski definition) is 2. The van der Waals surface area contributed by atoms with Crippen LogP contribution in [0.1, 0.15) is 37.8 Å². The number of halogens is 3. The molecule has 1 aliphatic rings. The minimum atomic E-state index is -0.957. The van der Waals surface area contributed by atoms with Crippen molar-refractivity contribution < 1.29 is 9.18 Å². The van der Waals surface area contributed by atoms with Gasteiger partial charge in [0.1, 0.15) is 6.17 Å². The first-order valence-corrected chi connectivity index (χ1v) is 12.2. The van der Waals surface area contributed by atoms with Gasteiger partial charge in [0.25, 0.3) is 5.91 Å². The van der Waals surface area contributed by atoms with Crippen molar-refractivity contribution >= 4 is 41.1 Å². The van der Waals surface area contributed by atoms with Gasteiger partial charge in [0.15, 0.2) is 0 Å². The van der Waals surface area contributed by atoms with Gasteiger partial charge in [-0.1, -0.05) is 73.5 Å². The molecule has 1 aliphatic carbocycles. The van der Waals surface area contributed by atoms with Crippen LogP contribution in [0.25, 0.3) is 0 Å². The third kappa shape index (κ3) is 6.40. The number of benzene rings is 2. The van der Waals surface area contributed by atoms with Crippen molar-refractivity contribution in [3.63, 3.8) is 0 Å². The van der Waals surface area contributed by atoms with Crippen LogP contribution in [0.3, 0.4) is 0 Å². The number of hydrogen-bond donors (Lipinski definition) is 0. The van der Waals surface area contributed by atoms with Crippen molar-refractivity contribution in [1.82, 2.24) is 4.31 Å². The Balaban J connectivity index is 1.67. The topological polar surface area (TPSA) is 20.3 Å². The summed E-state index contributed by atoms with van der Waals surface area (Å²) in [4.78, 5) is 14.0. The van der Waals surface area contributed by atoms with Crippen LogP contribution in [0, 0.1) is 18.8 Å². The van der Waals surface area contributed by atoms with Gasteiger partial charge < -0.3 is 0 Å². The minimum Gasteiger partial charge on any atom is -0.278 e. The van der Waals surface area contributed by atoms with E-state index in [0.29, 0.717) is 22.5 Å². The van der Waals surface area contributed by atoms with E-state index in [1.807, 2.05) is 56.3 Å². The van der Waals surface area contributed by atoms with E-state index in [0.717, 1.165) is 21.6 Å². The molecule has 0 bridgehead atoms. The monoisotopic (exact) mass is 491 g/mol. The summed E-state index contributed by atoms with van der Waals surface area (Å²) in [6.07, 6.45) is 4.34. The van der Waals surface area contributed by atoms with Gasteiger partial charge in [0.05, 0.1) is 10.0 Å². The van der Waals surface area contributed by atoms with Gasteiger partial charge in [0.2, 0.25) is 0 Å². The van der Waals surface area contributed by atoms with Crippen molar-refractivity contribution in [2.75, 3.05) is 6.54 Å². The summed E-state index contributed by atoms with van der Waals surface area (Å²) >= 11 is 13.5. The fourth-order valence-corrected chi connectivity index (χ4v) is 4.92. The average molecular weight is 492 g/mol. The maximum atomic E-state index is 14.4. The molecule has 2 aromatic rings. The number of carbonyl (C=O) groups excluding carboxylic acids is 1. The molecule has 0 N–H and O–H groups in total. The maximum Gasteiger partial charge on any atom is 0.256 e. The lowest BCUT2D eigenvalue weighted by atomic mass is 10.1. The van der Waals surface area contributed by atoms with E-state index in [9.17, 15) is 9.18 Å². The lowest BCUT2D eigenvalue weighted by molar-refractivity contribution is -0.121. The SMILES string of the molecule is CC(/C=C/C1C(F)C1c1ccc(Cl)c(Cl)c1)=C\C(=O)N(CC(C)C)Sc1ccccc1C. The highest BCUT2D eigenvalue weighted by Crippen LogP contribution is 2.52. The standard InChI is InChI=1S/C26H28Cl2FNOS/c1-16(2)15-30(32-23-8-6-5-7-18(23)4)24(31)13-17(3)9-11-20-25(26(20)29)19-10-12-21(27)22(28)14-19/h5-14,16,20,25-26H,15H2,1-4H3/b11-9+,17-13+. The Morgan fingerprint density at radius 2 is 1.91 bits per heavy atom. The van der Waals surface area contributed by atoms with Crippen molar-refractivity contribution in [1.29, 1.82) is 0 Å². The first kappa shape index (κ1) is 24.9. The predicted octanol–water partition coefficient (Wildman–Crippen LogP) is 8.05. The Hall–Kier alpha value is -1.75. The van der Waals surface area contributed by atoms with E-state index < -0.39 is 6.17 Å². The molecule has 0 radical (unpaired) electrons.